The Kier molecular flexibility index (Phi) is 5.40. The summed E-state index contributed by atoms with van der Waals surface area (Å²) in [7, 11) is 1.88. The zero-order valence-electron chi connectivity index (χ0n) is 14.1. The van der Waals surface area contributed by atoms with E-state index in [2.05, 4.69) is 21.9 Å². The van der Waals surface area contributed by atoms with E-state index in [0.29, 0.717) is 17.8 Å². The van der Waals surface area contributed by atoms with Crippen LogP contribution < -0.4 is 5.32 Å². The minimum absolute atomic E-state index is 0.0454. The molecule has 1 aliphatic rings. The number of nitrogens with one attached hydrogen (secondary N) is 1. The van der Waals surface area contributed by atoms with Crippen LogP contribution in [0.1, 0.15) is 25.0 Å². The summed E-state index contributed by atoms with van der Waals surface area (Å²) in [6.45, 7) is 0.384. The quantitative estimate of drug-likeness (QED) is 0.905. The Hall–Kier alpha value is -2.02. The average Bonchev–Trinajstić information content (AvgIpc) is 3.29. The number of carbonyl (C=O) groups excluding carboxylic acids is 1. The standard InChI is InChI=1S/C17H23N5OS/c1-21(15-8-9-16(10-15)24-2)17(23)18-11-13-12-22(20-19-13)14-6-4-3-5-7-14/h3-7,12,15-16H,8-11H2,1-2H3,(H,18,23)/t15-,16+/m1/s1. The summed E-state index contributed by atoms with van der Waals surface area (Å²) in [6.07, 6.45) is 7.34. The van der Waals surface area contributed by atoms with E-state index in [1.807, 2.05) is 60.2 Å². The van der Waals surface area contributed by atoms with Gasteiger partial charge >= 0.3 is 6.03 Å². The summed E-state index contributed by atoms with van der Waals surface area (Å²) < 4.78 is 1.71. The molecular weight excluding hydrogens is 322 g/mol. The van der Waals surface area contributed by atoms with Crippen LogP contribution in [0.15, 0.2) is 36.5 Å². The number of hydrogen-bond donors (Lipinski definition) is 1. The predicted molar refractivity (Wildman–Crippen MR) is 96.3 cm³/mol. The Bertz CT molecular complexity index is 675. The van der Waals surface area contributed by atoms with Crippen molar-refractivity contribution >= 4 is 17.8 Å². The molecule has 7 heteroatoms. The zero-order chi connectivity index (χ0) is 16.9. The van der Waals surface area contributed by atoms with Gasteiger partial charge in [-0.05, 0) is 37.7 Å². The van der Waals surface area contributed by atoms with Gasteiger partial charge in [-0.15, -0.1) is 5.10 Å². The van der Waals surface area contributed by atoms with E-state index in [0.717, 1.165) is 24.2 Å². The maximum absolute atomic E-state index is 12.3. The third-order valence-corrected chi connectivity index (χ3v) is 5.64. The highest BCUT2D eigenvalue weighted by molar-refractivity contribution is 7.99. The van der Waals surface area contributed by atoms with Gasteiger partial charge in [0.2, 0.25) is 0 Å². The molecule has 1 aliphatic carbocycles. The number of carbonyl (C=O) groups is 1. The fourth-order valence-electron chi connectivity index (χ4n) is 3.03. The van der Waals surface area contributed by atoms with E-state index in [-0.39, 0.29) is 6.03 Å². The Labute approximate surface area is 146 Å². The van der Waals surface area contributed by atoms with Crippen molar-refractivity contribution in [2.24, 2.45) is 0 Å². The smallest absolute Gasteiger partial charge is 0.317 e. The number of benzene rings is 1. The van der Waals surface area contributed by atoms with E-state index in [9.17, 15) is 4.79 Å². The summed E-state index contributed by atoms with van der Waals surface area (Å²) in [4.78, 5) is 14.2. The molecule has 0 radical (unpaired) electrons. The number of rotatable bonds is 5. The van der Waals surface area contributed by atoms with Gasteiger partial charge in [0.1, 0.15) is 5.69 Å². The van der Waals surface area contributed by atoms with Crippen LogP contribution >= 0.6 is 11.8 Å². The molecule has 0 bridgehead atoms. The van der Waals surface area contributed by atoms with Crippen molar-refractivity contribution in [3.8, 4) is 5.69 Å². The molecule has 6 nitrogen and oxygen atoms in total. The zero-order valence-corrected chi connectivity index (χ0v) is 14.9. The minimum atomic E-state index is -0.0454. The first kappa shape index (κ1) is 16.8. The fourth-order valence-corrected chi connectivity index (χ4v) is 3.81. The van der Waals surface area contributed by atoms with Crippen LogP contribution in [-0.2, 0) is 6.54 Å². The Morgan fingerprint density at radius 2 is 2.17 bits per heavy atom. The van der Waals surface area contributed by atoms with Crippen molar-refractivity contribution in [3.63, 3.8) is 0 Å². The van der Waals surface area contributed by atoms with Gasteiger partial charge in [0, 0.05) is 18.3 Å². The number of amides is 2. The highest BCUT2D eigenvalue weighted by Crippen LogP contribution is 2.30. The van der Waals surface area contributed by atoms with Gasteiger partial charge in [0.05, 0.1) is 18.4 Å². The highest BCUT2D eigenvalue weighted by Gasteiger charge is 2.29. The molecule has 24 heavy (non-hydrogen) atoms. The largest absolute Gasteiger partial charge is 0.332 e. The maximum atomic E-state index is 12.3. The van der Waals surface area contributed by atoms with Crippen LogP contribution in [0.3, 0.4) is 0 Å². The molecule has 2 aromatic rings. The number of thioether (sulfide) groups is 1. The number of urea groups is 1. The number of hydrogen-bond acceptors (Lipinski definition) is 4. The lowest BCUT2D eigenvalue weighted by molar-refractivity contribution is 0.190. The van der Waals surface area contributed by atoms with Crippen LogP contribution in [0.5, 0.6) is 0 Å². The van der Waals surface area contributed by atoms with Crippen molar-refractivity contribution in [1.29, 1.82) is 0 Å². The molecule has 1 aromatic carbocycles. The van der Waals surface area contributed by atoms with Crippen molar-refractivity contribution in [3.05, 3.63) is 42.2 Å². The highest BCUT2D eigenvalue weighted by atomic mass is 32.2. The lowest BCUT2D eigenvalue weighted by Gasteiger charge is -2.24. The monoisotopic (exact) mass is 345 g/mol. The average molecular weight is 345 g/mol. The van der Waals surface area contributed by atoms with Gasteiger partial charge in [-0.25, -0.2) is 9.48 Å². The molecular formula is C17H23N5OS. The third kappa shape index (κ3) is 3.90. The molecule has 1 aromatic heterocycles. The van der Waals surface area contributed by atoms with E-state index < -0.39 is 0 Å². The molecule has 0 saturated heterocycles. The summed E-state index contributed by atoms with van der Waals surface area (Å²) in [5.41, 5.74) is 1.70. The molecule has 0 spiro atoms. The molecule has 1 saturated carbocycles. The first-order valence-corrected chi connectivity index (χ1v) is 9.46. The van der Waals surface area contributed by atoms with Gasteiger partial charge < -0.3 is 10.2 Å². The lowest BCUT2D eigenvalue weighted by Crippen LogP contribution is -2.42. The first-order valence-electron chi connectivity index (χ1n) is 8.17. The van der Waals surface area contributed by atoms with Crippen LogP contribution in [-0.4, -0.2) is 50.5 Å². The van der Waals surface area contributed by atoms with Crippen LogP contribution in [0.25, 0.3) is 5.69 Å². The van der Waals surface area contributed by atoms with Gasteiger partial charge in [-0.1, -0.05) is 23.4 Å². The second kappa shape index (κ2) is 7.70. The molecule has 128 valence electrons. The molecule has 0 unspecified atom stereocenters. The van der Waals surface area contributed by atoms with Gasteiger partial charge in [0.25, 0.3) is 0 Å². The number of nitrogens with zero attached hydrogens (tertiary/aromatic N) is 4. The summed E-state index contributed by atoms with van der Waals surface area (Å²) in [6, 6.07) is 10.1. The first-order chi connectivity index (χ1) is 11.7. The van der Waals surface area contributed by atoms with Crippen LogP contribution in [0.4, 0.5) is 4.79 Å². The summed E-state index contributed by atoms with van der Waals surface area (Å²) >= 11 is 1.90. The van der Waals surface area contributed by atoms with Crippen molar-refractivity contribution < 1.29 is 4.79 Å². The van der Waals surface area contributed by atoms with Gasteiger partial charge in [-0.3, -0.25) is 0 Å². The molecule has 1 heterocycles. The minimum Gasteiger partial charge on any atom is -0.332 e. The second-order valence-electron chi connectivity index (χ2n) is 6.08. The van der Waals surface area contributed by atoms with E-state index in [1.54, 1.807) is 4.68 Å². The third-order valence-electron chi connectivity index (χ3n) is 4.54. The van der Waals surface area contributed by atoms with E-state index >= 15 is 0 Å². The Morgan fingerprint density at radius 1 is 1.38 bits per heavy atom. The molecule has 2 amide bonds. The van der Waals surface area contributed by atoms with Gasteiger partial charge in [-0.2, -0.15) is 11.8 Å². The SMILES string of the molecule is CS[C@H]1CC[C@@H](N(C)C(=O)NCc2cn(-c3ccccc3)nn2)C1. The Balaban J connectivity index is 1.52. The summed E-state index contributed by atoms with van der Waals surface area (Å²) in [5.74, 6) is 0. The van der Waals surface area contributed by atoms with E-state index in [1.165, 1.54) is 6.42 Å². The van der Waals surface area contributed by atoms with Crippen LogP contribution in [0.2, 0.25) is 0 Å². The molecule has 0 aliphatic heterocycles. The molecule has 1 N–H and O–H groups in total. The molecule has 2 atom stereocenters. The fraction of sp³-hybridized carbons (Fsp3) is 0.471. The number of para-hydroxylation sites is 1. The second-order valence-corrected chi connectivity index (χ2v) is 7.22. The van der Waals surface area contributed by atoms with Crippen molar-refractivity contribution in [2.45, 2.75) is 37.1 Å². The summed E-state index contributed by atoms with van der Waals surface area (Å²) in [5, 5.41) is 11.8. The van der Waals surface area contributed by atoms with Crippen LogP contribution in [0, 0.1) is 0 Å². The predicted octanol–water partition coefficient (Wildman–Crippen LogP) is 2.69. The Morgan fingerprint density at radius 3 is 2.88 bits per heavy atom. The van der Waals surface area contributed by atoms with E-state index in [4.69, 9.17) is 0 Å². The molecule has 1 fully saturated rings. The normalized spacial score (nSPS) is 20.1. The maximum Gasteiger partial charge on any atom is 0.317 e. The topological polar surface area (TPSA) is 63.1 Å². The van der Waals surface area contributed by atoms with Crippen molar-refractivity contribution in [2.75, 3.05) is 13.3 Å². The van der Waals surface area contributed by atoms with Gasteiger partial charge in [0.15, 0.2) is 0 Å². The number of aromatic nitrogens is 3. The molecule has 3 rings (SSSR count). The lowest BCUT2D eigenvalue weighted by atomic mass is 10.2. The van der Waals surface area contributed by atoms with Crippen molar-refractivity contribution in [1.82, 2.24) is 25.2 Å².